The maximum absolute atomic E-state index is 9.91. The van der Waals surface area contributed by atoms with Crippen LogP contribution in [0.3, 0.4) is 0 Å². The van der Waals surface area contributed by atoms with Crippen molar-refractivity contribution in [2.24, 2.45) is 11.8 Å². The minimum atomic E-state index is -0.262. The molecule has 2 rings (SSSR count). The molecule has 0 radical (unpaired) electrons. The predicted molar refractivity (Wildman–Crippen MR) is 69.7 cm³/mol. The van der Waals surface area contributed by atoms with Gasteiger partial charge in [-0.25, -0.2) is 0 Å². The molecule has 0 aromatic carbocycles. The molecule has 0 aromatic heterocycles. The number of fused-ring (bicyclic) bond motifs is 1. The van der Waals surface area contributed by atoms with E-state index in [1.165, 1.54) is 5.57 Å². The monoisotopic (exact) mass is 236 g/mol. The summed E-state index contributed by atoms with van der Waals surface area (Å²) in [6.45, 7) is 8.52. The molecule has 17 heavy (non-hydrogen) atoms. The van der Waals surface area contributed by atoms with E-state index in [9.17, 15) is 5.11 Å². The molecule has 0 spiro atoms. The van der Waals surface area contributed by atoms with E-state index >= 15 is 0 Å². The van der Waals surface area contributed by atoms with Crippen LogP contribution in [0.2, 0.25) is 0 Å². The van der Waals surface area contributed by atoms with Crippen LogP contribution < -0.4 is 0 Å². The smallest absolute Gasteiger partial charge is 0.0799 e. The van der Waals surface area contributed by atoms with Gasteiger partial charge in [-0.05, 0) is 51.0 Å². The standard InChI is InChI=1S/C15H24O2/c1-9(2)5-12-6-10(3)13-8-14(16)11(4)7-15(13)17-12/h5,7,10,12-16H,6,8H2,1-4H3/t10-,12+,13+,14-,15+/m0/s1. The highest BCUT2D eigenvalue weighted by Crippen LogP contribution is 2.39. The summed E-state index contributed by atoms with van der Waals surface area (Å²) < 4.78 is 6.13. The maximum atomic E-state index is 9.91. The maximum Gasteiger partial charge on any atom is 0.0799 e. The lowest BCUT2D eigenvalue weighted by molar-refractivity contribution is -0.0788. The molecule has 5 atom stereocenters. The summed E-state index contributed by atoms with van der Waals surface area (Å²) in [6.07, 6.45) is 6.46. The summed E-state index contributed by atoms with van der Waals surface area (Å²) in [5.41, 5.74) is 2.38. The van der Waals surface area contributed by atoms with Crippen LogP contribution in [-0.4, -0.2) is 23.4 Å². The van der Waals surface area contributed by atoms with Crippen molar-refractivity contribution in [1.29, 1.82) is 0 Å². The summed E-state index contributed by atoms with van der Waals surface area (Å²) >= 11 is 0. The molecule has 1 aliphatic carbocycles. The fourth-order valence-electron chi connectivity index (χ4n) is 3.05. The zero-order valence-corrected chi connectivity index (χ0v) is 11.3. The molecular weight excluding hydrogens is 212 g/mol. The number of hydrogen-bond donors (Lipinski definition) is 1. The summed E-state index contributed by atoms with van der Waals surface area (Å²) in [5, 5.41) is 9.91. The Labute approximate surface area is 104 Å². The molecule has 2 aliphatic rings. The summed E-state index contributed by atoms with van der Waals surface area (Å²) in [4.78, 5) is 0. The van der Waals surface area contributed by atoms with E-state index in [0.29, 0.717) is 11.8 Å². The van der Waals surface area contributed by atoms with Crippen LogP contribution in [0, 0.1) is 11.8 Å². The number of allylic oxidation sites excluding steroid dienone is 1. The molecular formula is C15H24O2. The lowest BCUT2D eigenvalue weighted by atomic mass is 9.74. The molecule has 1 heterocycles. The van der Waals surface area contributed by atoms with Gasteiger partial charge < -0.3 is 9.84 Å². The molecule has 0 unspecified atom stereocenters. The zero-order valence-electron chi connectivity index (χ0n) is 11.3. The fourth-order valence-corrected chi connectivity index (χ4v) is 3.05. The minimum Gasteiger partial charge on any atom is -0.389 e. The minimum absolute atomic E-state index is 0.197. The average molecular weight is 236 g/mol. The Kier molecular flexibility index (Phi) is 3.74. The van der Waals surface area contributed by atoms with Gasteiger partial charge in [0.1, 0.15) is 0 Å². The predicted octanol–water partition coefficient (Wildman–Crippen LogP) is 3.07. The first kappa shape index (κ1) is 12.8. The lowest BCUT2D eigenvalue weighted by Crippen LogP contribution is -2.43. The van der Waals surface area contributed by atoms with Gasteiger partial charge in [-0.3, -0.25) is 0 Å². The number of aliphatic hydroxyl groups is 1. The normalized spacial score (nSPS) is 41.5. The van der Waals surface area contributed by atoms with Crippen LogP contribution in [0.4, 0.5) is 0 Å². The van der Waals surface area contributed by atoms with Gasteiger partial charge in [0, 0.05) is 0 Å². The molecule has 2 heteroatoms. The van der Waals surface area contributed by atoms with Crippen LogP contribution in [0.15, 0.2) is 23.3 Å². The van der Waals surface area contributed by atoms with Crippen molar-refractivity contribution >= 4 is 0 Å². The molecule has 1 N–H and O–H groups in total. The highest BCUT2D eigenvalue weighted by atomic mass is 16.5. The topological polar surface area (TPSA) is 29.5 Å². The first-order chi connectivity index (χ1) is 7.97. The van der Waals surface area contributed by atoms with Crippen LogP contribution in [-0.2, 0) is 4.74 Å². The SMILES string of the molecule is CC(C)=C[C@@H]1C[C@H](C)[C@H]2C[C@H](O)C(C)=C[C@H]2O1. The van der Waals surface area contributed by atoms with E-state index in [0.717, 1.165) is 18.4 Å². The highest BCUT2D eigenvalue weighted by Gasteiger charge is 2.38. The van der Waals surface area contributed by atoms with Gasteiger partial charge >= 0.3 is 0 Å². The van der Waals surface area contributed by atoms with Crippen LogP contribution in [0.5, 0.6) is 0 Å². The summed E-state index contributed by atoms with van der Waals surface area (Å²) in [5.74, 6) is 1.10. The molecule has 0 amide bonds. The second kappa shape index (κ2) is 4.95. The summed E-state index contributed by atoms with van der Waals surface area (Å²) in [6, 6.07) is 0. The van der Waals surface area contributed by atoms with Crippen molar-refractivity contribution in [3.63, 3.8) is 0 Å². The Morgan fingerprint density at radius 3 is 2.76 bits per heavy atom. The van der Waals surface area contributed by atoms with E-state index in [1.54, 1.807) is 0 Å². The van der Waals surface area contributed by atoms with Crippen LogP contribution in [0.25, 0.3) is 0 Å². The Morgan fingerprint density at radius 1 is 1.41 bits per heavy atom. The fraction of sp³-hybridized carbons (Fsp3) is 0.733. The largest absolute Gasteiger partial charge is 0.389 e. The van der Waals surface area contributed by atoms with Gasteiger partial charge in [0.25, 0.3) is 0 Å². The average Bonchev–Trinajstić information content (AvgIpc) is 2.20. The van der Waals surface area contributed by atoms with Crippen molar-refractivity contribution in [3.8, 4) is 0 Å². The van der Waals surface area contributed by atoms with E-state index < -0.39 is 0 Å². The molecule has 1 fully saturated rings. The Balaban J connectivity index is 2.15. The zero-order chi connectivity index (χ0) is 12.6. The molecule has 0 saturated carbocycles. The third-order valence-electron chi connectivity index (χ3n) is 4.06. The van der Waals surface area contributed by atoms with Crippen LogP contribution >= 0.6 is 0 Å². The van der Waals surface area contributed by atoms with Gasteiger partial charge in [0.15, 0.2) is 0 Å². The molecule has 1 saturated heterocycles. The highest BCUT2D eigenvalue weighted by molar-refractivity contribution is 5.16. The van der Waals surface area contributed by atoms with Crippen molar-refractivity contribution in [1.82, 2.24) is 0 Å². The van der Waals surface area contributed by atoms with Gasteiger partial charge in [-0.2, -0.15) is 0 Å². The van der Waals surface area contributed by atoms with Crippen molar-refractivity contribution in [2.75, 3.05) is 0 Å². The number of aliphatic hydroxyl groups excluding tert-OH is 1. The molecule has 0 bridgehead atoms. The van der Waals surface area contributed by atoms with Gasteiger partial charge in [-0.1, -0.05) is 24.6 Å². The Hall–Kier alpha value is -0.600. The second-order valence-electron chi connectivity index (χ2n) is 5.92. The van der Waals surface area contributed by atoms with E-state index in [4.69, 9.17) is 4.74 Å². The Morgan fingerprint density at radius 2 is 2.12 bits per heavy atom. The molecule has 0 aromatic rings. The summed E-state index contributed by atoms with van der Waals surface area (Å²) in [7, 11) is 0. The molecule has 1 aliphatic heterocycles. The van der Waals surface area contributed by atoms with Gasteiger partial charge in [0.2, 0.25) is 0 Å². The van der Waals surface area contributed by atoms with Gasteiger partial charge in [0.05, 0.1) is 18.3 Å². The van der Waals surface area contributed by atoms with Crippen molar-refractivity contribution < 1.29 is 9.84 Å². The van der Waals surface area contributed by atoms with Gasteiger partial charge in [-0.15, -0.1) is 0 Å². The van der Waals surface area contributed by atoms with Crippen molar-refractivity contribution in [3.05, 3.63) is 23.3 Å². The van der Waals surface area contributed by atoms with Crippen LogP contribution in [0.1, 0.15) is 40.5 Å². The lowest BCUT2D eigenvalue weighted by Gasteiger charge is -2.42. The quantitative estimate of drug-likeness (QED) is 0.709. The first-order valence-electron chi connectivity index (χ1n) is 6.64. The van der Waals surface area contributed by atoms with E-state index in [2.05, 4.69) is 32.9 Å². The van der Waals surface area contributed by atoms with E-state index in [1.807, 2.05) is 6.92 Å². The molecule has 2 nitrogen and oxygen atoms in total. The number of hydrogen-bond acceptors (Lipinski definition) is 2. The number of ether oxygens (including phenoxy) is 1. The molecule has 96 valence electrons. The first-order valence-corrected chi connectivity index (χ1v) is 6.64. The number of rotatable bonds is 1. The third-order valence-corrected chi connectivity index (χ3v) is 4.06. The van der Waals surface area contributed by atoms with Crippen molar-refractivity contribution in [2.45, 2.75) is 58.8 Å². The second-order valence-corrected chi connectivity index (χ2v) is 5.92. The third kappa shape index (κ3) is 2.80. The van der Waals surface area contributed by atoms with E-state index in [-0.39, 0.29) is 18.3 Å². The Bertz CT molecular complexity index is 339.